The number of alkyl halides is 6. The summed E-state index contributed by atoms with van der Waals surface area (Å²) in [6, 6.07) is 9.32. The van der Waals surface area contributed by atoms with Gasteiger partial charge in [-0.1, -0.05) is 36.4 Å². The van der Waals surface area contributed by atoms with E-state index in [1.807, 2.05) is 18.2 Å². The van der Waals surface area contributed by atoms with E-state index in [2.05, 4.69) is 5.32 Å². The number of amides is 5. The van der Waals surface area contributed by atoms with Crippen LogP contribution in [0.4, 0.5) is 47.3 Å². The van der Waals surface area contributed by atoms with E-state index in [1.165, 1.54) is 9.80 Å². The van der Waals surface area contributed by atoms with Gasteiger partial charge in [-0.2, -0.15) is 26.3 Å². The lowest BCUT2D eigenvalue weighted by Gasteiger charge is -2.34. The Kier molecular flexibility index (Phi) is 5.36. The number of hydrogen-bond donors (Lipinski definition) is 1. The first-order valence-electron chi connectivity index (χ1n) is 11.9. The zero-order valence-corrected chi connectivity index (χ0v) is 19.8. The lowest BCUT2D eigenvalue weighted by molar-refractivity contribution is -0.143. The van der Waals surface area contributed by atoms with E-state index in [0.717, 1.165) is 10.3 Å². The molecule has 202 valence electrons. The maximum absolute atomic E-state index is 13.5. The smallest absolute Gasteiger partial charge is 0.317 e. The topological polar surface area (TPSA) is 73.0 Å². The molecular formula is C26H18F6N4O3. The van der Waals surface area contributed by atoms with Crippen LogP contribution in [0, 0.1) is 0 Å². The van der Waals surface area contributed by atoms with Crippen molar-refractivity contribution < 1.29 is 40.7 Å². The van der Waals surface area contributed by atoms with Crippen molar-refractivity contribution in [3.8, 4) is 0 Å². The van der Waals surface area contributed by atoms with Crippen LogP contribution in [0.1, 0.15) is 17.5 Å². The average Bonchev–Trinajstić information content (AvgIpc) is 3.54. The zero-order valence-electron chi connectivity index (χ0n) is 19.8. The summed E-state index contributed by atoms with van der Waals surface area (Å²) in [6.45, 7) is -0.0273. The number of nitrogens with one attached hydrogen (secondary N) is 1. The van der Waals surface area contributed by atoms with Gasteiger partial charge in [0.25, 0.3) is 5.91 Å². The van der Waals surface area contributed by atoms with Crippen molar-refractivity contribution in [2.75, 3.05) is 16.8 Å². The minimum Gasteiger partial charge on any atom is -0.317 e. The fourth-order valence-electron chi connectivity index (χ4n) is 5.74. The van der Waals surface area contributed by atoms with Gasteiger partial charge in [-0.25, -0.2) is 14.5 Å². The number of anilines is 2. The molecule has 3 aliphatic heterocycles. The molecule has 3 aliphatic rings. The van der Waals surface area contributed by atoms with E-state index < -0.39 is 65.3 Å². The van der Waals surface area contributed by atoms with Crippen LogP contribution >= 0.6 is 0 Å². The maximum atomic E-state index is 13.5. The van der Waals surface area contributed by atoms with E-state index in [0.29, 0.717) is 23.2 Å². The van der Waals surface area contributed by atoms with E-state index >= 15 is 0 Å². The van der Waals surface area contributed by atoms with Crippen LogP contribution in [0.5, 0.6) is 0 Å². The second-order valence-corrected chi connectivity index (χ2v) is 9.64. The minimum atomic E-state index is -5.07. The molecule has 1 N–H and O–H groups in total. The van der Waals surface area contributed by atoms with Crippen LogP contribution in [0.25, 0.3) is 10.8 Å². The number of benzene rings is 3. The molecule has 3 fully saturated rings. The normalized spacial score (nSPS) is 22.7. The van der Waals surface area contributed by atoms with Crippen molar-refractivity contribution in [2.45, 2.75) is 36.9 Å². The Hall–Kier alpha value is -4.29. The highest BCUT2D eigenvalue weighted by atomic mass is 19.4. The molecule has 3 aromatic carbocycles. The first-order chi connectivity index (χ1) is 18.3. The molecule has 0 saturated carbocycles. The molecule has 5 amide bonds. The van der Waals surface area contributed by atoms with Gasteiger partial charge >= 0.3 is 24.4 Å². The maximum Gasteiger partial charge on any atom is 0.416 e. The Morgan fingerprint density at radius 3 is 2.18 bits per heavy atom. The van der Waals surface area contributed by atoms with Crippen LogP contribution in [-0.4, -0.2) is 52.4 Å². The number of imide groups is 1. The van der Waals surface area contributed by atoms with Gasteiger partial charge in [0.15, 0.2) is 0 Å². The van der Waals surface area contributed by atoms with Crippen LogP contribution in [0.15, 0.2) is 60.7 Å². The Labute approximate surface area is 216 Å². The van der Waals surface area contributed by atoms with Gasteiger partial charge in [0.1, 0.15) is 6.04 Å². The van der Waals surface area contributed by atoms with Gasteiger partial charge < -0.3 is 15.1 Å². The van der Waals surface area contributed by atoms with Gasteiger partial charge in [0, 0.05) is 17.6 Å². The molecule has 3 atom stereocenters. The van der Waals surface area contributed by atoms with Crippen molar-refractivity contribution in [3.63, 3.8) is 0 Å². The molecule has 3 aromatic rings. The van der Waals surface area contributed by atoms with Crippen molar-refractivity contribution in [3.05, 3.63) is 71.8 Å². The molecule has 2 bridgehead atoms. The average molecular weight is 548 g/mol. The highest BCUT2D eigenvalue weighted by Gasteiger charge is 2.63. The van der Waals surface area contributed by atoms with Crippen LogP contribution < -0.4 is 10.2 Å². The Balaban J connectivity index is 1.27. The van der Waals surface area contributed by atoms with Crippen molar-refractivity contribution in [1.29, 1.82) is 0 Å². The number of urea groups is 2. The molecule has 6 rings (SSSR count). The first-order valence-corrected chi connectivity index (χ1v) is 11.9. The number of carbonyl (C=O) groups is 3. The van der Waals surface area contributed by atoms with Crippen molar-refractivity contribution in [2.24, 2.45) is 0 Å². The van der Waals surface area contributed by atoms with E-state index in [4.69, 9.17) is 0 Å². The van der Waals surface area contributed by atoms with Gasteiger partial charge in [-0.05, 0) is 36.1 Å². The van der Waals surface area contributed by atoms with Gasteiger partial charge in [-0.3, -0.25) is 4.79 Å². The minimum absolute atomic E-state index is 0.0273. The van der Waals surface area contributed by atoms with E-state index in [-0.39, 0.29) is 19.0 Å². The van der Waals surface area contributed by atoms with Gasteiger partial charge in [0.2, 0.25) is 0 Å². The monoisotopic (exact) mass is 548 g/mol. The lowest BCUT2D eigenvalue weighted by atomic mass is 10.1. The second-order valence-electron chi connectivity index (χ2n) is 9.64. The molecule has 2 unspecified atom stereocenters. The summed E-state index contributed by atoms with van der Waals surface area (Å²) < 4.78 is 79.4. The van der Waals surface area contributed by atoms with Crippen LogP contribution in [-0.2, 0) is 17.1 Å². The van der Waals surface area contributed by atoms with Crippen molar-refractivity contribution in [1.82, 2.24) is 9.80 Å². The molecule has 13 heteroatoms. The summed E-state index contributed by atoms with van der Waals surface area (Å²) in [7, 11) is 0. The summed E-state index contributed by atoms with van der Waals surface area (Å²) in [4.78, 5) is 43.6. The molecule has 0 spiro atoms. The number of rotatable bonds is 2. The second kappa shape index (κ2) is 8.35. The number of fused-ring (bicyclic) bond motifs is 6. The molecule has 3 heterocycles. The zero-order chi connectivity index (χ0) is 27.9. The van der Waals surface area contributed by atoms with Gasteiger partial charge in [-0.15, -0.1) is 0 Å². The molecule has 3 saturated heterocycles. The van der Waals surface area contributed by atoms with E-state index in [9.17, 15) is 40.7 Å². The first kappa shape index (κ1) is 25.0. The third kappa shape index (κ3) is 3.94. The highest BCUT2D eigenvalue weighted by molar-refractivity contribution is 6.25. The molecule has 39 heavy (non-hydrogen) atoms. The summed E-state index contributed by atoms with van der Waals surface area (Å²) in [6.07, 6.45) is -9.89. The third-order valence-corrected chi connectivity index (χ3v) is 7.37. The Bertz CT molecular complexity index is 1500. The number of nitrogens with zero attached hydrogens (tertiary/aromatic N) is 3. The van der Waals surface area contributed by atoms with E-state index in [1.54, 1.807) is 24.3 Å². The predicted octanol–water partition coefficient (Wildman–Crippen LogP) is 5.70. The standard InChI is InChI=1S/C26H18F6N4O3/c27-25(28,29)14-8-15(26(30,31)32)10-16(9-14)33-23(38)34-12-17-11-20(34)21-22(37)36(24(39)35(17)21)19-7-3-5-13-4-1-2-6-18(13)19/h1-10,17,20-21H,11-12H2,(H,33,38)/t17?,20?,21-/m1/s1. The van der Waals surface area contributed by atoms with Crippen molar-refractivity contribution >= 4 is 40.1 Å². The molecular weight excluding hydrogens is 530 g/mol. The molecule has 7 nitrogen and oxygen atoms in total. The third-order valence-electron chi connectivity index (χ3n) is 7.37. The fraction of sp³-hybridized carbons (Fsp3) is 0.269. The predicted molar refractivity (Wildman–Crippen MR) is 127 cm³/mol. The largest absolute Gasteiger partial charge is 0.416 e. The lowest BCUT2D eigenvalue weighted by Crippen LogP contribution is -2.55. The fourth-order valence-corrected chi connectivity index (χ4v) is 5.74. The Morgan fingerprint density at radius 1 is 0.872 bits per heavy atom. The summed E-state index contributed by atoms with van der Waals surface area (Å²) in [5, 5.41) is 3.61. The SMILES string of the molecule is O=C1[C@H]2C3CC(CN3C(=O)Nc3cc(C(F)(F)F)cc(C(F)(F)F)c3)N2C(=O)N1c1cccc2ccccc12. The number of likely N-dealkylation sites (tertiary alicyclic amines) is 1. The number of carbonyl (C=O) groups excluding carboxylic acids is 3. The number of halogens is 6. The molecule has 0 aromatic heterocycles. The molecule has 0 radical (unpaired) electrons. The Morgan fingerprint density at radius 2 is 1.51 bits per heavy atom. The molecule has 0 aliphatic carbocycles. The van der Waals surface area contributed by atoms with Crippen LogP contribution in [0.2, 0.25) is 0 Å². The summed E-state index contributed by atoms with van der Waals surface area (Å²) >= 11 is 0. The van der Waals surface area contributed by atoms with Gasteiger partial charge in [0.05, 0.1) is 28.9 Å². The quantitative estimate of drug-likeness (QED) is 0.330. The summed E-state index contributed by atoms with van der Waals surface area (Å²) in [5.74, 6) is -0.556. The number of hydrogen-bond acceptors (Lipinski definition) is 3. The highest BCUT2D eigenvalue weighted by Crippen LogP contribution is 2.44. The number of piperazine rings is 1. The summed E-state index contributed by atoms with van der Waals surface area (Å²) in [5.41, 5.74) is -3.43. The van der Waals surface area contributed by atoms with Crippen LogP contribution in [0.3, 0.4) is 0 Å².